The minimum atomic E-state index is -3.67. The summed E-state index contributed by atoms with van der Waals surface area (Å²) in [6, 6.07) is 0. The van der Waals surface area contributed by atoms with Crippen LogP contribution in [0.2, 0.25) is 0 Å². The van der Waals surface area contributed by atoms with Gasteiger partial charge in [-0.05, 0) is 0 Å². The van der Waals surface area contributed by atoms with E-state index in [1.807, 2.05) is 0 Å². The monoisotopic (exact) mass is 184 g/mol. The molecular formula is C5H12O5S. The average Bonchev–Trinajstić information content (AvgIpc) is 1.83. The topological polar surface area (TPSA) is 80.7 Å². The molecule has 0 fully saturated rings. The number of carbonyl (C=O) groups is 1. The first-order chi connectivity index (χ1) is 4.81. The van der Waals surface area contributed by atoms with E-state index in [4.69, 9.17) is 4.55 Å². The molecule has 0 spiro atoms. The molecule has 0 bridgehead atoms. The van der Waals surface area contributed by atoms with E-state index in [0.717, 1.165) is 0 Å². The second kappa shape index (κ2) is 6.11. The third-order valence-corrected chi connectivity index (χ3v) is 0.516. The summed E-state index contributed by atoms with van der Waals surface area (Å²) in [5.41, 5.74) is 0. The highest BCUT2D eigenvalue weighted by atomic mass is 32.2. The van der Waals surface area contributed by atoms with E-state index in [9.17, 15) is 13.2 Å². The fourth-order valence-corrected chi connectivity index (χ4v) is 0.144. The fourth-order valence-electron chi connectivity index (χ4n) is 0.144. The van der Waals surface area contributed by atoms with Crippen molar-refractivity contribution in [2.75, 3.05) is 13.4 Å². The van der Waals surface area contributed by atoms with E-state index < -0.39 is 10.1 Å². The summed E-state index contributed by atoms with van der Waals surface area (Å²) in [7, 11) is -2.29. The maximum Gasteiger partial charge on any atom is 0.305 e. The minimum Gasteiger partial charge on any atom is -0.469 e. The molecule has 0 rings (SSSR count). The molecule has 0 aliphatic heterocycles. The third kappa shape index (κ3) is 44.7. The number of hydrogen-bond donors (Lipinski definition) is 1. The van der Waals surface area contributed by atoms with Crippen LogP contribution in [0.5, 0.6) is 0 Å². The summed E-state index contributed by atoms with van der Waals surface area (Å²) in [4.78, 5) is 9.96. The second-order valence-electron chi connectivity index (χ2n) is 1.66. The van der Waals surface area contributed by atoms with Crippen LogP contribution in [0.25, 0.3) is 0 Å². The van der Waals surface area contributed by atoms with E-state index in [0.29, 0.717) is 12.7 Å². The minimum absolute atomic E-state index is 0.157. The molecule has 0 atom stereocenters. The zero-order valence-electron chi connectivity index (χ0n) is 6.70. The van der Waals surface area contributed by atoms with Crippen molar-refractivity contribution in [2.24, 2.45) is 0 Å². The van der Waals surface area contributed by atoms with Crippen molar-refractivity contribution in [3.63, 3.8) is 0 Å². The molecule has 0 radical (unpaired) electrons. The molecule has 0 heterocycles. The molecule has 11 heavy (non-hydrogen) atoms. The third-order valence-electron chi connectivity index (χ3n) is 0.516. The highest BCUT2D eigenvalue weighted by Gasteiger charge is 1.87. The first-order valence-corrected chi connectivity index (χ1v) is 4.65. The van der Waals surface area contributed by atoms with Crippen LogP contribution in [-0.4, -0.2) is 32.3 Å². The van der Waals surface area contributed by atoms with Gasteiger partial charge < -0.3 is 4.74 Å². The lowest BCUT2D eigenvalue weighted by atomic mass is 10.5. The van der Waals surface area contributed by atoms with Crippen molar-refractivity contribution in [2.45, 2.75) is 13.3 Å². The van der Waals surface area contributed by atoms with Crippen molar-refractivity contribution >= 4 is 16.1 Å². The van der Waals surface area contributed by atoms with Crippen LogP contribution in [0.1, 0.15) is 13.3 Å². The standard InChI is InChI=1S/C4H8O2.CH4O3S/c1-3-4(5)6-2;1-5(2,3)4/h3H2,1-2H3;1H3,(H,2,3,4). The Labute approximate surface area is 66.1 Å². The molecule has 68 valence electrons. The molecule has 0 aromatic rings. The molecular weight excluding hydrogens is 172 g/mol. The van der Waals surface area contributed by atoms with Crippen LogP contribution < -0.4 is 0 Å². The van der Waals surface area contributed by atoms with Gasteiger partial charge in [-0.25, -0.2) is 0 Å². The summed E-state index contributed by atoms with van der Waals surface area (Å²) in [5, 5.41) is 0. The summed E-state index contributed by atoms with van der Waals surface area (Å²) >= 11 is 0. The van der Waals surface area contributed by atoms with E-state index in [1.165, 1.54) is 7.11 Å². The molecule has 0 aliphatic rings. The number of methoxy groups -OCH3 is 1. The van der Waals surface area contributed by atoms with Crippen molar-refractivity contribution < 1.29 is 22.5 Å². The summed E-state index contributed by atoms with van der Waals surface area (Å²) in [6.07, 6.45) is 1.18. The van der Waals surface area contributed by atoms with Gasteiger partial charge in [-0.2, -0.15) is 8.42 Å². The first kappa shape index (κ1) is 13.0. The maximum absolute atomic E-state index is 9.96. The number of carbonyl (C=O) groups excluding carboxylic acids is 1. The number of esters is 1. The predicted octanol–water partition coefficient (Wildman–Crippen LogP) is 0.0734. The Morgan fingerprint density at radius 3 is 1.82 bits per heavy atom. The highest BCUT2D eigenvalue weighted by molar-refractivity contribution is 7.85. The smallest absolute Gasteiger partial charge is 0.305 e. The van der Waals surface area contributed by atoms with Crippen molar-refractivity contribution in [3.8, 4) is 0 Å². The molecule has 0 aliphatic carbocycles. The number of hydrogen-bond acceptors (Lipinski definition) is 4. The fraction of sp³-hybridized carbons (Fsp3) is 0.800. The van der Waals surface area contributed by atoms with Gasteiger partial charge in [0.05, 0.1) is 13.4 Å². The van der Waals surface area contributed by atoms with Gasteiger partial charge in [0, 0.05) is 6.42 Å². The quantitative estimate of drug-likeness (QED) is 0.461. The summed E-state index contributed by atoms with van der Waals surface area (Å²) < 4.78 is 30.1. The zero-order valence-corrected chi connectivity index (χ0v) is 7.51. The Balaban J connectivity index is 0. The molecule has 0 saturated carbocycles. The van der Waals surface area contributed by atoms with Gasteiger partial charge >= 0.3 is 5.97 Å². The van der Waals surface area contributed by atoms with E-state index in [-0.39, 0.29) is 5.97 Å². The summed E-state index contributed by atoms with van der Waals surface area (Å²) in [5.74, 6) is -0.157. The molecule has 0 aromatic heterocycles. The Hall–Kier alpha value is -0.620. The summed E-state index contributed by atoms with van der Waals surface area (Å²) in [6.45, 7) is 1.76. The first-order valence-electron chi connectivity index (χ1n) is 2.80. The molecule has 0 aromatic carbocycles. The second-order valence-corrected chi connectivity index (χ2v) is 3.13. The van der Waals surface area contributed by atoms with Gasteiger partial charge in [0.1, 0.15) is 0 Å². The van der Waals surface area contributed by atoms with Crippen LogP contribution in [0.15, 0.2) is 0 Å². The Morgan fingerprint density at radius 1 is 1.55 bits per heavy atom. The van der Waals surface area contributed by atoms with Crippen molar-refractivity contribution in [1.29, 1.82) is 0 Å². The molecule has 0 unspecified atom stereocenters. The number of ether oxygens (including phenoxy) is 1. The van der Waals surface area contributed by atoms with Crippen LogP contribution in [0, 0.1) is 0 Å². The van der Waals surface area contributed by atoms with E-state index >= 15 is 0 Å². The van der Waals surface area contributed by atoms with E-state index in [2.05, 4.69) is 4.74 Å². The van der Waals surface area contributed by atoms with Gasteiger partial charge in [-0.15, -0.1) is 0 Å². The van der Waals surface area contributed by atoms with Crippen LogP contribution >= 0.6 is 0 Å². The SMILES string of the molecule is CCC(=O)OC.CS(=O)(=O)O. The Morgan fingerprint density at radius 2 is 1.82 bits per heavy atom. The molecule has 0 saturated heterocycles. The molecule has 0 amide bonds. The van der Waals surface area contributed by atoms with Gasteiger partial charge in [0.25, 0.3) is 10.1 Å². The Bertz CT molecular complexity index is 179. The van der Waals surface area contributed by atoms with Crippen molar-refractivity contribution in [3.05, 3.63) is 0 Å². The lowest BCUT2D eigenvalue weighted by molar-refractivity contribution is -0.140. The maximum atomic E-state index is 9.96. The molecule has 1 N–H and O–H groups in total. The molecule has 5 nitrogen and oxygen atoms in total. The average molecular weight is 184 g/mol. The lowest BCUT2D eigenvalue weighted by Gasteiger charge is -1.87. The van der Waals surface area contributed by atoms with Gasteiger partial charge in [0.15, 0.2) is 0 Å². The van der Waals surface area contributed by atoms with Crippen molar-refractivity contribution in [1.82, 2.24) is 0 Å². The van der Waals surface area contributed by atoms with Gasteiger partial charge in [0.2, 0.25) is 0 Å². The van der Waals surface area contributed by atoms with Crippen LogP contribution in [0.4, 0.5) is 0 Å². The lowest BCUT2D eigenvalue weighted by Crippen LogP contribution is -1.94. The predicted molar refractivity (Wildman–Crippen MR) is 39.8 cm³/mol. The normalized spacial score (nSPS) is 9.45. The van der Waals surface area contributed by atoms with Gasteiger partial charge in [-0.3, -0.25) is 9.35 Å². The van der Waals surface area contributed by atoms with Crippen LogP contribution in [0.3, 0.4) is 0 Å². The largest absolute Gasteiger partial charge is 0.469 e. The van der Waals surface area contributed by atoms with E-state index in [1.54, 1.807) is 6.92 Å². The number of rotatable bonds is 1. The molecule has 6 heteroatoms. The van der Waals surface area contributed by atoms with Crippen LogP contribution in [-0.2, 0) is 19.6 Å². The highest BCUT2D eigenvalue weighted by Crippen LogP contribution is 1.76. The zero-order chi connectivity index (χ0) is 9.49. The van der Waals surface area contributed by atoms with Gasteiger partial charge in [-0.1, -0.05) is 6.92 Å². The Kier molecular flexibility index (Phi) is 7.23.